The molecule has 102 valence electrons. The van der Waals surface area contributed by atoms with Gasteiger partial charge in [0.1, 0.15) is 12.4 Å². The summed E-state index contributed by atoms with van der Waals surface area (Å²) in [6, 6.07) is 5.66. The highest BCUT2D eigenvalue weighted by molar-refractivity contribution is 7.09. The number of ether oxygens (including phenoxy) is 1. The number of nitrogens with two attached hydrogens (primary N) is 1. The Bertz CT molecular complexity index is 542. The quantitative estimate of drug-likeness (QED) is 0.888. The molecule has 1 aromatic heterocycles. The summed E-state index contributed by atoms with van der Waals surface area (Å²) in [5.74, 6) is 0.795. The Morgan fingerprint density at radius 3 is 2.95 bits per heavy atom. The fourth-order valence-electron chi connectivity index (χ4n) is 1.79. The van der Waals surface area contributed by atoms with Gasteiger partial charge in [-0.2, -0.15) is 0 Å². The second-order valence-electron chi connectivity index (χ2n) is 4.13. The van der Waals surface area contributed by atoms with Crippen molar-refractivity contribution in [3.63, 3.8) is 0 Å². The van der Waals surface area contributed by atoms with Crippen molar-refractivity contribution >= 4 is 22.9 Å². The van der Waals surface area contributed by atoms with Crippen LogP contribution >= 0.6 is 22.9 Å². The smallest absolute Gasteiger partial charge is 0.131 e. The first-order valence-corrected chi connectivity index (χ1v) is 7.54. The standard InChI is InChI=1S/C14H17ClN2OS/c1-2-14-17-10(9-19-14)8-18-13-5-3-4-12(15)11(13)6-7-16/h3-5,9H,2,6-8,16H2,1H3. The topological polar surface area (TPSA) is 48.1 Å². The van der Waals surface area contributed by atoms with Crippen LogP contribution in [0.15, 0.2) is 23.6 Å². The molecule has 0 spiro atoms. The molecule has 2 N–H and O–H groups in total. The summed E-state index contributed by atoms with van der Waals surface area (Å²) < 4.78 is 5.82. The third kappa shape index (κ3) is 3.69. The van der Waals surface area contributed by atoms with Gasteiger partial charge in [0.15, 0.2) is 0 Å². The molecule has 0 aliphatic heterocycles. The van der Waals surface area contributed by atoms with Crippen molar-refractivity contribution in [1.29, 1.82) is 0 Å². The second-order valence-corrected chi connectivity index (χ2v) is 5.48. The summed E-state index contributed by atoms with van der Waals surface area (Å²) in [6.07, 6.45) is 1.67. The number of thiazole rings is 1. The summed E-state index contributed by atoms with van der Waals surface area (Å²) in [7, 11) is 0. The molecule has 5 heteroatoms. The van der Waals surface area contributed by atoms with Gasteiger partial charge in [-0.05, 0) is 31.5 Å². The number of rotatable bonds is 6. The maximum Gasteiger partial charge on any atom is 0.131 e. The first-order chi connectivity index (χ1) is 9.24. The SMILES string of the molecule is CCc1nc(COc2cccc(Cl)c2CCN)cs1. The molecule has 0 unspecified atom stereocenters. The van der Waals surface area contributed by atoms with Crippen molar-refractivity contribution < 1.29 is 4.74 Å². The summed E-state index contributed by atoms with van der Waals surface area (Å²) in [5.41, 5.74) is 7.53. The van der Waals surface area contributed by atoms with Gasteiger partial charge in [-0.1, -0.05) is 24.6 Å². The first kappa shape index (κ1) is 14.3. The minimum Gasteiger partial charge on any atom is -0.487 e. The molecule has 1 heterocycles. The first-order valence-electron chi connectivity index (χ1n) is 6.28. The van der Waals surface area contributed by atoms with Gasteiger partial charge in [-0.3, -0.25) is 0 Å². The van der Waals surface area contributed by atoms with Crippen LogP contribution in [-0.2, 0) is 19.4 Å². The molecule has 0 amide bonds. The van der Waals surface area contributed by atoms with Crippen molar-refractivity contribution in [3.8, 4) is 5.75 Å². The molecular weight excluding hydrogens is 280 g/mol. The molecule has 2 aromatic rings. The average molecular weight is 297 g/mol. The molecule has 0 saturated heterocycles. The van der Waals surface area contributed by atoms with Crippen molar-refractivity contribution in [3.05, 3.63) is 44.9 Å². The van der Waals surface area contributed by atoms with Gasteiger partial charge in [0.05, 0.1) is 10.7 Å². The molecular formula is C14H17ClN2OS. The van der Waals surface area contributed by atoms with Crippen LogP contribution in [0.4, 0.5) is 0 Å². The molecule has 0 radical (unpaired) electrons. The molecule has 2 rings (SSSR count). The third-order valence-electron chi connectivity index (χ3n) is 2.75. The lowest BCUT2D eigenvalue weighted by Crippen LogP contribution is -2.06. The highest BCUT2D eigenvalue weighted by atomic mass is 35.5. The van der Waals surface area contributed by atoms with Gasteiger partial charge in [0.25, 0.3) is 0 Å². The van der Waals surface area contributed by atoms with Gasteiger partial charge in [-0.25, -0.2) is 4.98 Å². The minimum atomic E-state index is 0.467. The van der Waals surface area contributed by atoms with Gasteiger partial charge < -0.3 is 10.5 Å². The van der Waals surface area contributed by atoms with Crippen molar-refractivity contribution in [1.82, 2.24) is 4.98 Å². The van der Waals surface area contributed by atoms with E-state index in [2.05, 4.69) is 11.9 Å². The largest absolute Gasteiger partial charge is 0.487 e. The maximum absolute atomic E-state index is 6.17. The Morgan fingerprint density at radius 1 is 1.42 bits per heavy atom. The van der Waals surface area contributed by atoms with E-state index < -0.39 is 0 Å². The van der Waals surface area contributed by atoms with E-state index in [0.717, 1.165) is 28.4 Å². The second kappa shape index (κ2) is 6.89. The molecule has 0 aliphatic rings. The number of halogens is 1. The number of nitrogens with zero attached hydrogens (tertiary/aromatic N) is 1. The molecule has 0 atom stereocenters. The van der Waals surface area contributed by atoms with E-state index in [0.29, 0.717) is 24.6 Å². The lowest BCUT2D eigenvalue weighted by atomic mass is 10.1. The van der Waals surface area contributed by atoms with Crippen molar-refractivity contribution in [2.24, 2.45) is 5.73 Å². The monoisotopic (exact) mass is 296 g/mol. The fraction of sp³-hybridized carbons (Fsp3) is 0.357. The molecule has 19 heavy (non-hydrogen) atoms. The maximum atomic E-state index is 6.17. The zero-order chi connectivity index (χ0) is 13.7. The predicted molar refractivity (Wildman–Crippen MR) is 80.0 cm³/mol. The number of benzene rings is 1. The van der Waals surface area contributed by atoms with Gasteiger partial charge in [0.2, 0.25) is 0 Å². The van der Waals surface area contributed by atoms with Gasteiger partial charge in [0, 0.05) is 16.0 Å². The molecule has 0 fully saturated rings. The van der Waals surface area contributed by atoms with E-state index in [9.17, 15) is 0 Å². The van der Waals surface area contributed by atoms with Crippen LogP contribution < -0.4 is 10.5 Å². The van der Waals surface area contributed by atoms with Crippen LogP contribution in [-0.4, -0.2) is 11.5 Å². The predicted octanol–water partition coefficient (Wildman–Crippen LogP) is 3.44. The number of hydrogen-bond donors (Lipinski definition) is 1. The van der Waals surface area contributed by atoms with E-state index in [-0.39, 0.29) is 0 Å². The molecule has 3 nitrogen and oxygen atoms in total. The Hall–Kier alpha value is -1.10. The third-order valence-corrected chi connectivity index (χ3v) is 4.14. The minimum absolute atomic E-state index is 0.467. The van der Waals surface area contributed by atoms with Crippen LogP contribution in [0.25, 0.3) is 0 Å². The van der Waals surface area contributed by atoms with Crippen LogP contribution in [0.2, 0.25) is 5.02 Å². The van der Waals surface area contributed by atoms with Crippen LogP contribution in [0.1, 0.15) is 23.2 Å². The average Bonchev–Trinajstić information content (AvgIpc) is 2.87. The Labute approximate surface area is 122 Å². The molecule has 0 bridgehead atoms. The normalized spacial score (nSPS) is 10.7. The van der Waals surface area contributed by atoms with Crippen LogP contribution in [0, 0.1) is 0 Å². The van der Waals surface area contributed by atoms with E-state index in [4.69, 9.17) is 22.1 Å². The molecule has 0 aliphatic carbocycles. The zero-order valence-electron chi connectivity index (χ0n) is 10.9. The van der Waals surface area contributed by atoms with Crippen LogP contribution in [0.3, 0.4) is 0 Å². The van der Waals surface area contributed by atoms with E-state index in [1.165, 1.54) is 0 Å². The van der Waals surface area contributed by atoms with Crippen molar-refractivity contribution in [2.75, 3.05) is 6.54 Å². The highest BCUT2D eigenvalue weighted by Gasteiger charge is 2.08. The zero-order valence-corrected chi connectivity index (χ0v) is 12.4. The van der Waals surface area contributed by atoms with Crippen molar-refractivity contribution in [2.45, 2.75) is 26.4 Å². The number of aromatic nitrogens is 1. The van der Waals surface area contributed by atoms with Crippen LogP contribution in [0.5, 0.6) is 5.75 Å². The summed E-state index contributed by atoms with van der Waals surface area (Å²) in [4.78, 5) is 4.48. The summed E-state index contributed by atoms with van der Waals surface area (Å²) >= 11 is 7.83. The van der Waals surface area contributed by atoms with E-state index >= 15 is 0 Å². The Balaban J connectivity index is 2.08. The highest BCUT2D eigenvalue weighted by Crippen LogP contribution is 2.27. The van der Waals surface area contributed by atoms with Gasteiger partial charge in [-0.15, -0.1) is 11.3 Å². The van der Waals surface area contributed by atoms with E-state index in [1.807, 2.05) is 23.6 Å². The lowest BCUT2D eigenvalue weighted by Gasteiger charge is -2.11. The summed E-state index contributed by atoms with van der Waals surface area (Å²) in [6.45, 7) is 3.12. The van der Waals surface area contributed by atoms with Gasteiger partial charge >= 0.3 is 0 Å². The summed E-state index contributed by atoms with van der Waals surface area (Å²) in [5, 5.41) is 3.87. The number of hydrogen-bond acceptors (Lipinski definition) is 4. The van der Waals surface area contributed by atoms with E-state index in [1.54, 1.807) is 11.3 Å². The Kier molecular flexibility index (Phi) is 5.19. The Morgan fingerprint density at radius 2 is 2.26 bits per heavy atom. The fourth-order valence-corrected chi connectivity index (χ4v) is 2.78. The number of aryl methyl sites for hydroxylation is 1. The lowest BCUT2D eigenvalue weighted by molar-refractivity contribution is 0.299. The molecule has 0 saturated carbocycles. The molecule has 1 aromatic carbocycles.